The number of thiophene rings is 1. The fourth-order valence-electron chi connectivity index (χ4n) is 1.07. The normalized spacial score (nSPS) is 14.3. The zero-order chi connectivity index (χ0) is 9.90. The molecule has 1 atom stereocenters. The monoisotopic (exact) mass is 220 g/mol. The Morgan fingerprint density at radius 3 is 2.77 bits per heavy atom. The molecule has 0 aliphatic heterocycles. The van der Waals surface area contributed by atoms with Crippen LogP contribution in [-0.2, 0) is 20.7 Å². The first-order valence-corrected chi connectivity index (χ1v) is 6.62. The van der Waals surface area contributed by atoms with Crippen LogP contribution < -0.4 is 0 Å². The number of hydrogen-bond donors (Lipinski definition) is 0. The van der Waals surface area contributed by atoms with Gasteiger partial charge in [0.2, 0.25) is 0 Å². The first-order valence-electron chi connectivity index (χ1n) is 3.87. The molecule has 0 fully saturated rings. The molecule has 74 valence electrons. The molecule has 1 aromatic rings. The third-order valence-electron chi connectivity index (χ3n) is 1.44. The molecule has 1 aromatic heterocycles. The van der Waals surface area contributed by atoms with E-state index in [9.17, 15) is 8.42 Å². The molecule has 0 saturated heterocycles. The van der Waals surface area contributed by atoms with Crippen LogP contribution in [0.15, 0.2) is 16.8 Å². The van der Waals surface area contributed by atoms with E-state index in [0.717, 1.165) is 11.8 Å². The molecule has 5 heteroatoms. The van der Waals surface area contributed by atoms with E-state index in [0.29, 0.717) is 6.42 Å². The molecule has 0 saturated carbocycles. The topological polar surface area (TPSA) is 43.4 Å². The zero-order valence-electron chi connectivity index (χ0n) is 7.56. The van der Waals surface area contributed by atoms with Gasteiger partial charge < -0.3 is 0 Å². The molecule has 1 rings (SSSR count). The van der Waals surface area contributed by atoms with Gasteiger partial charge in [0.15, 0.2) is 0 Å². The van der Waals surface area contributed by atoms with Crippen LogP contribution in [0.2, 0.25) is 0 Å². The highest BCUT2D eigenvalue weighted by molar-refractivity contribution is 7.86. The summed E-state index contributed by atoms with van der Waals surface area (Å²) in [5.41, 5.74) is 1.11. The van der Waals surface area contributed by atoms with E-state index >= 15 is 0 Å². The first-order chi connectivity index (χ1) is 5.97. The third kappa shape index (κ3) is 4.40. The molecule has 13 heavy (non-hydrogen) atoms. The van der Waals surface area contributed by atoms with Crippen molar-refractivity contribution in [2.75, 3.05) is 6.26 Å². The molecular weight excluding hydrogens is 208 g/mol. The van der Waals surface area contributed by atoms with Crippen LogP contribution in [0.4, 0.5) is 0 Å². The lowest BCUT2D eigenvalue weighted by molar-refractivity contribution is 0.232. The van der Waals surface area contributed by atoms with Crippen molar-refractivity contribution in [2.24, 2.45) is 0 Å². The Labute approximate surface area is 82.5 Å². The van der Waals surface area contributed by atoms with Crippen LogP contribution >= 0.6 is 11.3 Å². The van der Waals surface area contributed by atoms with Gasteiger partial charge in [0, 0.05) is 6.42 Å². The van der Waals surface area contributed by atoms with E-state index in [2.05, 4.69) is 0 Å². The summed E-state index contributed by atoms with van der Waals surface area (Å²) in [4.78, 5) is 0. The lowest BCUT2D eigenvalue weighted by Crippen LogP contribution is -2.16. The summed E-state index contributed by atoms with van der Waals surface area (Å²) in [6.45, 7) is 1.75. The Morgan fingerprint density at radius 2 is 2.31 bits per heavy atom. The van der Waals surface area contributed by atoms with Crippen molar-refractivity contribution in [2.45, 2.75) is 19.4 Å². The standard InChI is InChI=1S/C8H12O3S2/c1-7(11-13(2,9)10)5-8-3-4-12-6-8/h3-4,6-7H,5H2,1-2H3. The first kappa shape index (κ1) is 10.7. The van der Waals surface area contributed by atoms with E-state index in [-0.39, 0.29) is 6.10 Å². The van der Waals surface area contributed by atoms with Gasteiger partial charge in [0.05, 0.1) is 12.4 Å². The summed E-state index contributed by atoms with van der Waals surface area (Å²) in [5, 5.41) is 3.95. The molecule has 1 unspecified atom stereocenters. The second kappa shape index (κ2) is 4.21. The third-order valence-corrected chi connectivity index (χ3v) is 2.85. The lowest BCUT2D eigenvalue weighted by Gasteiger charge is -2.08. The highest BCUT2D eigenvalue weighted by Gasteiger charge is 2.10. The Kier molecular flexibility index (Phi) is 3.47. The summed E-state index contributed by atoms with van der Waals surface area (Å²) >= 11 is 1.59. The van der Waals surface area contributed by atoms with E-state index in [1.165, 1.54) is 0 Å². The SMILES string of the molecule is CC(Cc1ccsc1)OS(C)(=O)=O. The van der Waals surface area contributed by atoms with Crippen molar-refractivity contribution in [3.8, 4) is 0 Å². The second-order valence-corrected chi connectivity index (χ2v) is 5.33. The summed E-state index contributed by atoms with van der Waals surface area (Å²) < 4.78 is 26.3. The second-order valence-electron chi connectivity index (χ2n) is 2.95. The fraction of sp³-hybridized carbons (Fsp3) is 0.500. The Balaban J connectivity index is 2.47. The highest BCUT2D eigenvalue weighted by Crippen LogP contribution is 2.11. The predicted molar refractivity (Wildman–Crippen MR) is 53.4 cm³/mol. The van der Waals surface area contributed by atoms with Crippen molar-refractivity contribution >= 4 is 21.5 Å². The van der Waals surface area contributed by atoms with E-state index in [1.807, 2.05) is 16.8 Å². The molecule has 0 aromatic carbocycles. The van der Waals surface area contributed by atoms with E-state index < -0.39 is 10.1 Å². The van der Waals surface area contributed by atoms with Gasteiger partial charge in [-0.2, -0.15) is 19.8 Å². The van der Waals surface area contributed by atoms with Crippen LogP contribution in [0.1, 0.15) is 12.5 Å². The van der Waals surface area contributed by atoms with Gasteiger partial charge in [-0.3, -0.25) is 4.18 Å². The quantitative estimate of drug-likeness (QED) is 0.725. The molecule has 0 aliphatic carbocycles. The van der Waals surface area contributed by atoms with Crippen molar-refractivity contribution in [1.82, 2.24) is 0 Å². The minimum Gasteiger partial charge on any atom is -0.267 e. The maximum Gasteiger partial charge on any atom is 0.264 e. The molecule has 0 spiro atoms. The maximum atomic E-state index is 10.8. The Morgan fingerprint density at radius 1 is 1.62 bits per heavy atom. The van der Waals surface area contributed by atoms with Gasteiger partial charge in [-0.25, -0.2) is 0 Å². The predicted octanol–water partition coefficient (Wildman–Crippen LogP) is 1.66. The average Bonchev–Trinajstić information content (AvgIpc) is 2.34. The van der Waals surface area contributed by atoms with Crippen LogP contribution in [0.3, 0.4) is 0 Å². The minimum atomic E-state index is -3.32. The molecule has 1 heterocycles. The molecule has 0 aliphatic rings. The van der Waals surface area contributed by atoms with Crippen molar-refractivity contribution < 1.29 is 12.6 Å². The fourth-order valence-corrected chi connectivity index (χ4v) is 2.42. The van der Waals surface area contributed by atoms with Crippen molar-refractivity contribution in [3.63, 3.8) is 0 Å². The van der Waals surface area contributed by atoms with Crippen molar-refractivity contribution in [3.05, 3.63) is 22.4 Å². The molecule has 0 bridgehead atoms. The van der Waals surface area contributed by atoms with Gasteiger partial charge >= 0.3 is 0 Å². The smallest absolute Gasteiger partial charge is 0.264 e. The van der Waals surface area contributed by atoms with Gasteiger partial charge in [-0.15, -0.1) is 0 Å². The molecule has 3 nitrogen and oxygen atoms in total. The molecular formula is C8H12O3S2. The van der Waals surface area contributed by atoms with Crippen LogP contribution in [0, 0.1) is 0 Å². The number of hydrogen-bond acceptors (Lipinski definition) is 4. The zero-order valence-corrected chi connectivity index (χ0v) is 9.19. The summed E-state index contributed by atoms with van der Waals surface area (Å²) in [7, 11) is -3.32. The van der Waals surface area contributed by atoms with Gasteiger partial charge in [-0.05, 0) is 29.3 Å². The highest BCUT2D eigenvalue weighted by atomic mass is 32.2. The number of rotatable bonds is 4. The molecule has 0 radical (unpaired) electrons. The van der Waals surface area contributed by atoms with Gasteiger partial charge in [0.25, 0.3) is 10.1 Å². The largest absolute Gasteiger partial charge is 0.267 e. The molecule has 0 N–H and O–H groups in total. The lowest BCUT2D eigenvalue weighted by atomic mass is 10.2. The van der Waals surface area contributed by atoms with Crippen LogP contribution in [0.25, 0.3) is 0 Å². The minimum absolute atomic E-state index is 0.287. The van der Waals surface area contributed by atoms with E-state index in [4.69, 9.17) is 4.18 Å². The van der Waals surface area contributed by atoms with Crippen LogP contribution in [-0.4, -0.2) is 20.8 Å². The molecule has 0 amide bonds. The summed E-state index contributed by atoms with van der Waals surface area (Å²) in [6, 6.07) is 1.97. The Bertz CT molecular complexity index is 339. The van der Waals surface area contributed by atoms with Crippen molar-refractivity contribution in [1.29, 1.82) is 0 Å². The van der Waals surface area contributed by atoms with Gasteiger partial charge in [0.1, 0.15) is 0 Å². The summed E-state index contributed by atoms with van der Waals surface area (Å²) in [5.74, 6) is 0. The average molecular weight is 220 g/mol. The summed E-state index contributed by atoms with van der Waals surface area (Å²) in [6.07, 6.45) is 1.41. The van der Waals surface area contributed by atoms with Crippen LogP contribution in [0.5, 0.6) is 0 Å². The maximum absolute atomic E-state index is 10.8. The van der Waals surface area contributed by atoms with E-state index in [1.54, 1.807) is 18.3 Å². The van der Waals surface area contributed by atoms with Gasteiger partial charge in [-0.1, -0.05) is 0 Å². The Hall–Kier alpha value is -0.390.